The normalized spacial score (nSPS) is 20.5. The summed E-state index contributed by atoms with van der Waals surface area (Å²) in [5.41, 5.74) is 2.74. The molecule has 2 aromatic rings. The van der Waals surface area contributed by atoms with Gasteiger partial charge in [0.1, 0.15) is 17.1 Å². The Morgan fingerprint density at radius 1 is 1.17 bits per heavy atom. The number of benzene rings is 2. The topological polar surface area (TPSA) is 75.7 Å². The van der Waals surface area contributed by atoms with Crippen LogP contribution in [-0.4, -0.2) is 45.7 Å². The van der Waals surface area contributed by atoms with Gasteiger partial charge in [-0.05, 0) is 16.7 Å². The summed E-state index contributed by atoms with van der Waals surface area (Å²) in [6.45, 7) is 0. The number of carbonyl (C=O) groups excluding carboxylic acids is 3. The number of thioether (sulfide) groups is 1. The van der Waals surface area contributed by atoms with E-state index in [2.05, 4.69) is 21.2 Å². The standard InChI is InChI=1S/C22H19BrN2O4S/c23-11-16-12-30-21-17(24-13-26)20(27)25(21)18(16)22(28)29-19(14-7-3-1-4-8-14)15-9-5-2-6-10-15/h1-10,13,17,19,21H,11-12H2,(H,24,26)/t17?,21-/m0/s1. The van der Waals surface area contributed by atoms with Crippen LogP contribution in [-0.2, 0) is 19.1 Å². The molecule has 0 aromatic heterocycles. The summed E-state index contributed by atoms with van der Waals surface area (Å²) in [6, 6.07) is 18.4. The van der Waals surface area contributed by atoms with Gasteiger partial charge in [0.25, 0.3) is 5.91 Å². The minimum Gasteiger partial charge on any atom is -0.448 e. The van der Waals surface area contributed by atoms with Gasteiger partial charge in [-0.2, -0.15) is 0 Å². The molecule has 0 aliphatic carbocycles. The highest BCUT2D eigenvalue weighted by molar-refractivity contribution is 9.09. The van der Waals surface area contributed by atoms with Crippen LogP contribution in [0.15, 0.2) is 71.9 Å². The number of ether oxygens (including phenoxy) is 1. The molecule has 8 heteroatoms. The molecule has 154 valence electrons. The van der Waals surface area contributed by atoms with Crippen LogP contribution >= 0.6 is 27.7 Å². The van der Waals surface area contributed by atoms with Crippen LogP contribution in [0.25, 0.3) is 0 Å². The van der Waals surface area contributed by atoms with Gasteiger partial charge in [-0.15, -0.1) is 11.8 Å². The fourth-order valence-corrected chi connectivity index (χ4v) is 5.70. The highest BCUT2D eigenvalue weighted by Crippen LogP contribution is 2.41. The van der Waals surface area contributed by atoms with Crippen molar-refractivity contribution in [3.05, 3.63) is 83.1 Å². The Labute approximate surface area is 186 Å². The highest BCUT2D eigenvalue weighted by Gasteiger charge is 2.53. The molecule has 2 aliphatic heterocycles. The number of hydrogen-bond donors (Lipinski definition) is 1. The Hall–Kier alpha value is -2.58. The molecule has 2 atom stereocenters. The molecule has 0 radical (unpaired) electrons. The van der Waals surface area contributed by atoms with Crippen molar-refractivity contribution >= 4 is 46.0 Å². The van der Waals surface area contributed by atoms with Gasteiger partial charge < -0.3 is 10.1 Å². The lowest BCUT2D eigenvalue weighted by atomic mass is 10.0. The van der Waals surface area contributed by atoms with E-state index in [1.807, 2.05) is 60.7 Å². The molecule has 0 bridgehead atoms. The molecule has 1 N–H and O–H groups in total. The second kappa shape index (κ2) is 9.06. The van der Waals surface area contributed by atoms with E-state index in [1.165, 1.54) is 16.7 Å². The van der Waals surface area contributed by atoms with Gasteiger partial charge in [-0.25, -0.2) is 4.79 Å². The molecular formula is C22H19BrN2O4S. The van der Waals surface area contributed by atoms with Gasteiger partial charge in [0.2, 0.25) is 6.41 Å². The van der Waals surface area contributed by atoms with Crippen molar-refractivity contribution in [3.63, 3.8) is 0 Å². The van der Waals surface area contributed by atoms with Crippen LogP contribution in [0.4, 0.5) is 0 Å². The number of nitrogens with zero attached hydrogens (tertiary/aromatic N) is 1. The Kier molecular flexibility index (Phi) is 6.24. The van der Waals surface area contributed by atoms with Gasteiger partial charge in [-0.1, -0.05) is 76.6 Å². The SMILES string of the molecule is O=CNC1C(=O)N2C(C(=O)OC(c3ccccc3)c3ccccc3)=C(CBr)CS[C@@H]12. The molecule has 30 heavy (non-hydrogen) atoms. The summed E-state index contributed by atoms with van der Waals surface area (Å²) >= 11 is 4.94. The molecule has 2 heterocycles. The van der Waals surface area contributed by atoms with Gasteiger partial charge in [-0.3, -0.25) is 14.5 Å². The third kappa shape index (κ3) is 3.77. The summed E-state index contributed by atoms with van der Waals surface area (Å²) in [5.74, 6) is -0.284. The molecule has 2 aromatic carbocycles. The van der Waals surface area contributed by atoms with E-state index in [4.69, 9.17) is 4.74 Å². The Morgan fingerprint density at radius 3 is 2.30 bits per heavy atom. The van der Waals surface area contributed by atoms with Gasteiger partial charge in [0.05, 0.1) is 0 Å². The number of fused-ring (bicyclic) bond motifs is 1. The van der Waals surface area contributed by atoms with Crippen molar-refractivity contribution < 1.29 is 19.1 Å². The Morgan fingerprint density at radius 2 is 1.77 bits per heavy atom. The molecule has 4 rings (SSSR count). The van der Waals surface area contributed by atoms with Crippen molar-refractivity contribution in [3.8, 4) is 0 Å². The number of alkyl halides is 1. The first-order valence-corrected chi connectivity index (χ1v) is 11.6. The monoisotopic (exact) mass is 486 g/mol. The van der Waals surface area contributed by atoms with Crippen molar-refractivity contribution in [2.75, 3.05) is 11.1 Å². The average molecular weight is 487 g/mol. The van der Waals surface area contributed by atoms with Crippen molar-refractivity contribution in [2.45, 2.75) is 17.5 Å². The zero-order valence-corrected chi connectivity index (χ0v) is 18.3. The Bertz CT molecular complexity index is 944. The molecule has 6 nitrogen and oxygen atoms in total. The predicted octanol–water partition coefficient (Wildman–Crippen LogP) is 3.00. The zero-order chi connectivity index (χ0) is 21.1. The van der Waals surface area contributed by atoms with Crippen LogP contribution in [0.5, 0.6) is 0 Å². The van der Waals surface area contributed by atoms with Crippen LogP contribution in [0, 0.1) is 0 Å². The zero-order valence-electron chi connectivity index (χ0n) is 15.9. The minimum atomic E-state index is -0.619. The van der Waals surface area contributed by atoms with Gasteiger partial charge >= 0.3 is 5.97 Å². The van der Waals surface area contributed by atoms with Crippen molar-refractivity contribution in [2.24, 2.45) is 0 Å². The number of halogens is 1. The number of nitrogens with one attached hydrogen (secondary N) is 1. The lowest BCUT2D eigenvalue weighted by Gasteiger charge is -2.49. The molecule has 0 spiro atoms. The number of rotatable bonds is 7. The first-order chi connectivity index (χ1) is 14.7. The summed E-state index contributed by atoms with van der Waals surface area (Å²) in [4.78, 5) is 38.2. The smallest absolute Gasteiger partial charge is 0.356 e. The lowest BCUT2D eigenvalue weighted by Crippen LogP contribution is -2.69. The van der Waals surface area contributed by atoms with Crippen LogP contribution < -0.4 is 5.32 Å². The number of hydrogen-bond acceptors (Lipinski definition) is 5. The first-order valence-electron chi connectivity index (χ1n) is 9.39. The molecule has 2 amide bonds. The number of amides is 2. The number of carbonyl (C=O) groups is 3. The third-order valence-corrected chi connectivity index (χ3v) is 7.10. The molecular weight excluding hydrogens is 468 g/mol. The summed E-state index contributed by atoms with van der Waals surface area (Å²) < 4.78 is 5.98. The summed E-state index contributed by atoms with van der Waals surface area (Å²) in [7, 11) is 0. The second-order valence-corrected chi connectivity index (χ2v) is 8.53. The van der Waals surface area contributed by atoms with E-state index >= 15 is 0 Å². The second-order valence-electron chi connectivity index (χ2n) is 6.86. The molecule has 1 unspecified atom stereocenters. The summed E-state index contributed by atoms with van der Waals surface area (Å²) in [5, 5.41) is 2.68. The maximum absolute atomic E-state index is 13.3. The average Bonchev–Trinajstić information content (AvgIpc) is 2.80. The van der Waals surface area contributed by atoms with Gasteiger partial charge in [0, 0.05) is 11.1 Å². The molecule has 1 fully saturated rings. The molecule has 2 aliphatic rings. The first kappa shape index (κ1) is 20.7. The highest BCUT2D eigenvalue weighted by atomic mass is 79.9. The number of β-lactam (4-membered cyclic amide) rings is 1. The van der Waals surface area contributed by atoms with Gasteiger partial charge in [0.15, 0.2) is 6.10 Å². The predicted molar refractivity (Wildman–Crippen MR) is 118 cm³/mol. The third-order valence-electron chi connectivity index (χ3n) is 5.08. The van der Waals surface area contributed by atoms with Crippen molar-refractivity contribution in [1.82, 2.24) is 10.2 Å². The van der Waals surface area contributed by atoms with E-state index in [-0.39, 0.29) is 17.0 Å². The number of esters is 1. The maximum atomic E-state index is 13.3. The van der Waals surface area contributed by atoms with Crippen LogP contribution in [0.3, 0.4) is 0 Å². The largest absolute Gasteiger partial charge is 0.448 e. The van der Waals surface area contributed by atoms with Crippen LogP contribution in [0.1, 0.15) is 17.2 Å². The fourth-order valence-electron chi connectivity index (χ4n) is 3.62. The van der Waals surface area contributed by atoms with E-state index in [1.54, 1.807) is 0 Å². The Balaban J connectivity index is 1.65. The maximum Gasteiger partial charge on any atom is 0.356 e. The lowest BCUT2D eigenvalue weighted by molar-refractivity contribution is -0.154. The summed E-state index contributed by atoms with van der Waals surface area (Å²) in [6.07, 6.45) is -0.0829. The van der Waals surface area contributed by atoms with E-state index in [0.29, 0.717) is 17.5 Å². The van der Waals surface area contributed by atoms with Crippen LogP contribution in [0.2, 0.25) is 0 Å². The molecule has 0 saturated carbocycles. The van der Waals surface area contributed by atoms with E-state index in [0.717, 1.165) is 16.7 Å². The quantitative estimate of drug-likeness (QED) is 0.281. The van der Waals surface area contributed by atoms with Crippen molar-refractivity contribution in [1.29, 1.82) is 0 Å². The fraction of sp³-hybridized carbons (Fsp3) is 0.227. The van der Waals surface area contributed by atoms with E-state index < -0.39 is 18.1 Å². The molecule has 1 saturated heterocycles. The minimum absolute atomic E-state index is 0.265. The van der Waals surface area contributed by atoms with E-state index in [9.17, 15) is 14.4 Å².